The molecule has 0 spiro atoms. The number of nitrogens with zero attached hydrogens (tertiary/aromatic N) is 1. The summed E-state index contributed by atoms with van der Waals surface area (Å²) in [5, 5.41) is 3.76. The van der Waals surface area contributed by atoms with Crippen LogP contribution >= 0.6 is 0 Å². The second-order valence-electron chi connectivity index (χ2n) is 5.28. The fourth-order valence-electron chi connectivity index (χ4n) is 2.50. The number of alkyl halides is 3. The van der Waals surface area contributed by atoms with Gasteiger partial charge in [-0.05, 0) is 30.3 Å². The molecule has 0 aliphatic heterocycles. The largest absolute Gasteiger partial charge is 0.493 e. The lowest BCUT2D eigenvalue weighted by atomic mass is 10.1. The Hall–Kier alpha value is -2.96. The minimum absolute atomic E-state index is 0.264. The number of hydrogen-bond donors (Lipinski definition) is 1. The van der Waals surface area contributed by atoms with Gasteiger partial charge in [-0.1, -0.05) is 6.07 Å². The maximum Gasteiger partial charge on any atom is 0.416 e. The Labute approximate surface area is 142 Å². The fraction of sp³-hybridized carbons (Fsp3) is 0.167. The van der Waals surface area contributed by atoms with Gasteiger partial charge in [-0.3, -0.25) is 4.98 Å². The first-order valence-electron chi connectivity index (χ1n) is 7.37. The predicted molar refractivity (Wildman–Crippen MR) is 89.6 cm³/mol. The van der Waals surface area contributed by atoms with Crippen molar-refractivity contribution >= 4 is 22.3 Å². The van der Waals surface area contributed by atoms with Crippen molar-refractivity contribution in [2.24, 2.45) is 0 Å². The molecule has 1 aromatic heterocycles. The number of anilines is 2. The maximum absolute atomic E-state index is 12.8. The number of pyridine rings is 1. The van der Waals surface area contributed by atoms with Crippen LogP contribution in [0.2, 0.25) is 0 Å². The Balaban J connectivity index is 1.99. The summed E-state index contributed by atoms with van der Waals surface area (Å²) in [5.41, 5.74) is 0.895. The predicted octanol–water partition coefficient (Wildman–Crippen LogP) is 5.01. The molecule has 1 heterocycles. The van der Waals surface area contributed by atoms with Crippen LogP contribution in [0.25, 0.3) is 10.9 Å². The van der Waals surface area contributed by atoms with Crippen molar-refractivity contribution < 1.29 is 22.6 Å². The summed E-state index contributed by atoms with van der Waals surface area (Å²) < 4.78 is 49.0. The number of aromatic nitrogens is 1. The van der Waals surface area contributed by atoms with Crippen molar-refractivity contribution in [2.75, 3.05) is 19.5 Å². The van der Waals surface area contributed by atoms with E-state index in [4.69, 9.17) is 9.47 Å². The van der Waals surface area contributed by atoms with Crippen LogP contribution in [0, 0.1) is 0 Å². The van der Waals surface area contributed by atoms with Crippen molar-refractivity contribution in [3.05, 3.63) is 54.2 Å². The van der Waals surface area contributed by atoms with Gasteiger partial charge in [-0.2, -0.15) is 13.2 Å². The van der Waals surface area contributed by atoms with Crippen LogP contribution in [0.1, 0.15) is 5.56 Å². The molecule has 0 atom stereocenters. The van der Waals surface area contributed by atoms with Crippen LogP contribution in [0.5, 0.6) is 11.5 Å². The smallest absolute Gasteiger partial charge is 0.416 e. The number of nitrogens with one attached hydrogen (secondary N) is 1. The Morgan fingerprint density at radius 1 is 0.920 bits per heavy atom. The number of hydrogen-bond acceptors (Lipinski definition) is 4. The molecule has 0 bridgehead atoms. The Morgan fingerprint density at radius 3 is 2.36 bits per heavy atom. The molecule has 0 amide bonds. The summed E-state index contributed by atoms with van der Waals surface area (Å²) in [6.45, 7) is 0. The first-order valence-corrected chi connectivity index (χ1v) is 7.37. The Morgan fingerprint density at radius 2 is 1.68 bits per heavy atom. The molecular weight excluding hydrogens is 333 g/mol. The van der Waals surface area contributed by atoms with E-state index in [2.05, 4.69) is 10.3 Å². The second kappa shape index (κ2) is 6.51. The van der Waals surface area contributed by atoms with Gasteiger partial charge in [0.15, 0.2) is 11.5 Å². The van der Waals surface area contributed by atoms with E-state index >= 15 is 0 Å². The van der Waals surface area contributed by atoms with Crippen molar-refractivity contribution in [3.8, 4) is 11.5 Å². The highest BCUT2D eigenvalue weighted by Gasteiger charge is 2.30. The quantitative estimate of drug-likeness (QED) is 0.719. The van der Waals surface area contributed by atoms with Gasteiger partial charge in [0.2, 0.25) is 0 Å². The zero-order chi connectivity index (χ0) is 18.0. The first-order chi connectivity index (χ1) is 11.9. The van der Waals surface area contributed by atoms with Gasteiger partial charge >= 0.3 is 6.18 Å². The van der Waals surface area contributed by atoms with Gasteiger partial charge in [-0.15, -0.1) is 0 Å². The summed E-state index contributed by atoms with van der Waals surface area (Å²) in [4.78, 5) is 4.03. The van der Waals surface area contributed by atoms with E-state index in [1.165, 1.54) is 19.4 Å². The van der Waals surface area contributed by atoms with Crippen LogP contribution in [-0.4, -0.2) is 19.2 Å². The topological polar surface area (TPSA) is 43.4 Å². The average molecular weight is 348 g/mol. The molecule has 0 unspecified atom stereocenters. The molecule has 0 aliphatic carbocycles. The normalized spacial score (nSPS) is 11.4. The van der Waals surface area contributed by atoms with E-state index in [1.54, 1.807) is 31.4 Å². The molecule has 130 valence electrons. The zero-order valence-corrected chi connectivity index (χ0v) is 13.5. The summed E-state index contributed by atoms with van der Waals surface area (Å²) >= 11 is 0. The molecule has 0 saturated carbocycles. The van der Waals surface area contributed by atoms with Crippen molar-refractivity contribution in [1.82, 2.24) is 4.98 Å². The highest BCUT2D eigenvalue weighted by molar-refractivity contribution is 5.93. The van der Waals surface area contributed by atoms with E-state index in [0.29, 0.717) is 28.3 Å². The minimum Gasteiger partial charge on any atom is -0.493 e. The van der Waals surface area contributed by atoms with Crippen molar-refractivity contribution in [2.45, 2.75) is 6.18 Å². The molecule has 3 rings (SSSR count). The maximum atomic E-state index is 12.8. The first kappa shape index (κ1) is 16.9. The van der Waals surface area contributed by atoms with E-state index in [0.717, 1.165) is 12.1 Å². The van der Waals surface area contributed by atoms with Crippen LogP contribution < -0.4 is 14.8 Å². The van der Waals surface area contributed by atoms with Crippen molar-refractivity contribution in [3.63, 3.8) is 0 Å². The van der Waals surface area contributed by atoms with Crippen LogP contribution in [0.3, 0.4) is 0 Å². The van der Waals surface area contributed by atoms with Crippen molar-refractivity contribution in [1.29, 1.82) is 0 Å². The molecule has 0 radical (unpaired) electrons. The van der Waals surface area contributed by atoms with Gasteiger partial charge < -0.3 is 14.8 Å². The molecule has 1 N–H and O–H groups in total. The average Bonchev–Trinajstić information content (AvgIpc) is 2.60. The van der Waals surface area contributed by atoms with Gasteiger partial charge in [0, 0.05) is 29.0 Å². The lowest BCUT2D eigenvalue weighted by Gasteiger charge is -2.13. The Kier molecular flexibility index (Phi) is 4.39. The highest BCUT2D eigenvalue weighted by Crippen LogP contribution is 2.35. The van der Waals surface area contributed by atoms with E-state index in [-0.39, 0.29) is 5.52 Å². The van der Waals surface area contributed by atoms with Crippen LogP contribution in [-0.2, 0) is 6.18 Å². The van der Waals surface area contributed by atoms with E-state index in [9.17, 15) is 13.2 Å². The standard InChI is InChI=1S/C18H15F3N2O2/c1-24-16-6-4-12(10-17(16)25-2)23-14-7-8-22-15-9-11(18(19,20)21)3-5-13(14)15/h3-10H,1-2H3,(H,22,23). The van der Waals surface area contributed by atoms with Crippen LogP contribution in [0.15, 0.2) is 48.7 Å². The van der Waals surface area contributed by atoms with E-state index in [1.807, 2.05) is 0 Å². The number of rotatable bonds is 4. The van der Waals surface area contributed by atoms with E-state index < -0.39 is 11.7 Å². The number of methoxy groups -OCH3 is 2. The molecule has 4 nitrogen and oxygen atoms in total. The monoisotopic (exact) mass is 348 g/mol. The third-order valence-electron chi connectivity index (χ3n) is 3.73. The SMILES string of the molecule is COc1ccc(Nc2ccnc3cc(C(F)(F)F)ccc23)cc1OC. The molecule has 0 aliphatic rings. The Bertz CT molecular complexity index is 910. The lowest BCUT2D eigenvalue weighted by molar-refractivity contribution is -0.137. The summed E-state index contributed by atoms with van der Waals surface area (Å²) in [7, 11) is 3.07. The zero-order valence-electron chi connectivity index (χ0n) is 13.5. The number of fused-ring (bicyclic) bond motifs is 1. The second-order valence-corrected chi connectivity index (χ2v) is 5.28. The molecule has 0 fully saturated rings. The summed E-state index contributed by atoms with van der Waals surface area (Å²) in [6.07, 6.45) is -2.94. The highest BCUT2D eigenvalue weighted by atomic mass is 19.4. The van der Waals surface area contributed by atoms with Gasteiger partial charge in [-0.25, -0.2) is 0 Å². The summed E-state index contributed by atoms with van der Waals surface area (Å²) in [5.74, 6) is 1.13. The minimum atomic E-state index is -4.40. The lowest BCUT2D eigenvalue weighted by Crippen LogP contribution is -2.04. The van der Waals surface area contributed by atoms with Gasteiger partial charge in [0.1, 0.15) is 0 Å². The molecule has 25 heavy (non-hydrogen) atoms. The number of ether oxygens (including phenoxy) is 2. The number of benzene rings is 2. The van der Waals surface area contributed by atoms with Gasteiger partial charge in [0.25, 0.3) is 0 Å². The molecule has 7 heteroatoms. The molecular formula is C18H15F3N2O2. The third-order valence-corrected chi connectivity index (χ3v) is 3.73. The fourth-order valence-corrected chi connectivity index (χ4v) is 2.50. The molecule has 0 saturated heterocycles. The molecule has 2 aromatic carbocycles. The summed E-state index contributed by atoms with van der Waals surface area (Å²) in [6, 6.07) is 10.5. The van der Waals surface area contributed by atoms with Gasteiger partial charge in [0.05, 0.1) is 25.3 Å². The molecule has 3 aromatic rings. The third kappa shape index (κ3) is 3.45. The van der Waals surface area contributed by atoms with Crippen LogP contribution in [0.4, 0.5) is 24.5 Å². The number of halogens is 3.